The number of ether oxygens (including phenoxy) is 2. The maximum Gasteiger partial charge on any atom is 0.166 e. The summed E-state index contributed by atoms with van der Waals surface area (Å²) >= 11 is 0. The van der Waals surface area contributed by atoms with Crippen LogP contribution >= 0.6 is 0 Å². The Labute approximate surface area is 90.4 Å². The largest absolute Gasteiger partial charge is 0.487 e. The van der Waals surface area contributed by atoms with Gasteiger partial charge >= 0.3 is 0 Å². The van der Waals surface area contributed by atoms with E-state index in [9.17, 15) is 0 Å². The lowest BCUT2D eigenvalue weighted by Crippen LogP contribution is -2.22. The number of anilines is 1. The molecule has 0 unspecified atom stereocenters. The number of rotatable bonds is 4. The van der Waals surface area contributed by atoms with Crippen LogP contribution in [0.15, 0.2) is 18.3 Å². The van der Waals surface area contributed by atoms with Crippen molar-refractivity contribution in [3.63, 3.8) is 0 Å². The number of hydrogen-bond acceptors (Lipinski definition) is 4. The van der Waals surface area contributed by atoms with E-state index < -0.39 is 0 Å². The molecule has 0 aliphatic heterocycles. The molecule has 0 fully saturated rings. The van der Waals surface area contributed by atoms with E-state index in [0.717, 1.165) is 0 Å². The molecule has 0 bridgehead atoms. The summed E-state index contributed by atoms with van der Waals surface area (Å²) in [5.41, 5.74) is 5.48. The zero-order valence-electron chi connectivity index (χ0n) is 9.49. The van der Waals surface area contributed by atoms with Crippen LogP contribution in [0.5, 0.6) is 5.75 Å². The maximum absolute atomic E-state index is 5.61. The van der Waals surface area contributed by atoms with Crippen molar-refractivity contribution in [2.75, 3.05) is 18.9 Å². The molecule has 1 aromatic heterocycles. The Morgan fingerprint density at radius 2 is 2.07 bits per heavy atom. The van der Waals surface area contributed by atoms with Crippen LogP contribution in [0.2, 0.25) is 0 Å². The summed E-state index contributed by atoms with van der Waals surface area (Å²) in [6.45, 7) is 7.04. The van der Waals surface area contributed by atoms with Gasteiger partial charge in [0, 0.05) is 6.20 Å². The second-order valence-electron chi connectivity index (χ2n) is 4.20. The second-order valence-corrected chi connectivity index (χ2v) is 4.20. The fraction of sp³-hybridized carbons (Fsp3) is 0.545. The van der Waals surface area contributed by atoms with Gasteiger partial charge in [0.1, 0.15) is 6.61 Å². The van der Waals surface area contributed by atoms with Crippen molar-refractivity contribution in [1.82, 2.24) is 4.98 Å². The van der Waals surface area contributed by atoms with Gasteiger partial charge in [0.05, 0.1) is 12.2 Å². The van der Waals surface area contributed by atoms with E-state index in [4.69, 9.17) is 15.2 Å². The molecule has 0 atom stereocenters. The van der Waals surface area contributed by atoms with Gasteiger partial charge in [-0.05, 0) is 32.9 Å². The van der Waals surface area contributed by atoms with Gasteiger partial charge in [-0.3, -0.25) is 0 Å². The van der Waals surface area contributed by atoms with Gasteiger partial charge in [-0.25, -0.2) is 4.98 Å². The molecule has 2 N–H and O–H groups in total. The number of nitrogens with two attached hydrogens (primary N) is 1. The van der Waals surface area contributed by atoms with Crippen LogP contribution in [0.25, 0.3) is 0 Å². The van der Waals surface area contributed by atoms with E-state index in [1.54, 1.807) is 18.3 Å². The van der Waals surface area contributed by atoms with E-state index in [-0.39, 0.29) is 5.60 Å². The average molecular weight is 210 g/mol. The summed E-state index contributed by atoms with van der Waals surface area (Å²) in [7, 11) is 0. The minimum atomic E-state index is -0.135. The molecule has 1 heterocycles. The van der Waals surface area contributed by atoms with E-state index in [2.05, 4.69) is 4.98 Å². The molecule has 4 nitrogen and oxygen atoms in total. The molecule has 0 aliphatic carbocycles. The molecule has 0 amide bonds. The summed E-state index contributed by atoms with van der Waals surface area (Å²) in [6, 6.07) is 3.58. The number of pyridine rings is 1. The fourth-order valence-electron chi connectivity index (χ4n) is 1.02. The first-order valence-electron chi connectivity index (χ1n) is 4.96. The minimum absolute atomic E-state index is 0.135. The Kier molecular flexibility index (Phi) is 3.91. The predicted octanol–water partition coefficient (Wildman–Crippen LogP) is 1.86. The summed E-state index contributed by atoms with van der Waals surface area (Å²) in [4.78, 5) is 3.92. The normalized spacial score (nSPS) is 11.4. The molecule has 1 aromatic rings. The first-order chi connectivity index (χ1) is 6.99. The van der Waals surface area contributed by atoms with Crippen molar-refractivity contribution in [3.05, 3.63) is 18.3 Å². The quantitative estimate of drug-likeness (QED) is 0.771. The molecule has 0 aromatic carbocycles. The fourth-order valence-corrected chi connectivity index (χ4v) is 1.02. The second kappa shape index (κ2) is 4.98. The highest BCUT2D eigenvalue weighted by atomic mass is 16.5. The molecule has 0 aliphatic rings. The van der Waals surface area contributed by atoms with Crippen molar-refractivity contribution in [3.8, 4) is 5.75 Å². The van der Waals surface area contributed by atoms with Crippen molar-refractivity contribution in [2.24, 2.45) is 0 Å². The Morgan fingerprint density at radius 1 is 1.33 bits per heavy atom. The monoisotopic (exact) mass is 210 g/mol. The van der Waals surface area contributed by atoms with Crippen LogP contribution in [0.4, 0.5) is 5.82 Å². The number of hydrogen-bond donors (Lipinski definition) is 1. The molecule has 84 valence electrons. The standard InChI is InChI=1S/C11H18N2O2/c1-11(2,3)15-8-7-14-9-5-4-6-13-10(9)12/h4-6H,7-8H2,1-3H3,(H2,12,13). The van der Waals surface area contributed by atoms with Crippen LogP contribution in [0, 0.1) is 0 Å². The summed E-state index contributed by atoms with van der Waals surface area (Å²) < 4.78 is 10.9. The van der Waals surface area contributed by atoms with Gasteiger partial charge in [-0.2, -0.15) is 0 Å². The molecular weight excluding hydrogens is 192 g/mol. The predicted molar refractivity (Wildman–Crippen MR) is 59.8 cm³/mol. The Balaban J connectivity index is 2.30. The highest BCUT2D eigenvalue weighted by molar-refractivity contribution is 5.44. The summed E-state index contributed by atoms with van der Waals surface area (Å²) in [5.74, 6) is 1.02. The van der Waals surface area contributed by atoms with Crippen LogP contribution in [-0.2, 0) is 4.74 Å². The number of aromatic nitrogens is 1. The highest BCUT2D eigenvalue weighted by Gasteiger charge is 2.09. The van der Waals surface area contributed by atoms with Crippen LogP contribution < -0.4 is 10.5 Å². The third-order valence-corrected chi connectivity index (χ3v) is 1.68. The molecule has 0 radical (unpaired) electrons. The van der Waals surface area contributed by atoms with Gasteiger partial charge in [0.25, 0.3) is 0 Å². The highest BCUT2D eigenvalue weighted by Crippen LogP contribution is 2.16. The lowest BCUT2D eigenvalue weighted by Gasteiger charge is -2.19. The third-order valence-electron chi connectivity index (χ3n) is 1.68. The van der Waals surface area contributed by atoms with Gasteiger partial charge in [0.2, 0.25) is 0 Å². The van der Waals surface area contributed by atoms with Gasteiger partial charge in [-0.15, -0.1) is 0 Å². The Morgan fingerprint density at radius 3 is 2.67 bits per heavy atom. The van der Waals surface area contributed by atoms with Gasteiger partial charge in [0.15, 0.2) is 11.6 Å². The molecule has 0 spiro atoms. The number of nitrogen functional groups attached to an aromatic ring is 1. The lowest BCUT2D eigenvalue weighted by molar-refractivity contribution is -0.0162. The third kappa shape index (κ3) is 4.65. The van der Waals surface area contributed by atoms with E-state index >= 15 is 0 Å². The van der Waals surface area contributed by atoms with Gasteiger partial charge in [-0.1, -0.05) is 0 Å². The van der Waals surface area contributed by atoms with Crippen LogP contribution in [-0.4, -0.2) is 23.8 Å². The van der Waals surface area contributed by atoms with E-state index in [1.165, 1.54) is 0 Å². The number of nitrogens with zero attached hydrogens (tertiary/aromatic N) is 1. The van der Waals surface area contributed by atoms with Crippen molar-refractivity contribution in [2.45, 2.75) is 26.4 Å². The first kappa shape index (κ1) is 11.8. The Bertz CT molecular complexity index is 308. The SMILES string of the molecule is CC(C)(C)OCCOc1cccnc1N. The van der Waals surface area contributed by atoms with Crippen molar-refractivity contribution < 1.29 is 9.47 Å². The lowest BCUT2D eigenvalue weighted by atomic mass is 10.2. The zero-order valence-corrected chi connectivity index (χ0v) is 9.49. The van der Waals surface area contributed by atoms with E-state index in [0.29, 0.717) is 24.8 Å². The summed E-state index contributed by atoms with van der Waals surface area (Å²) in [5, 5.41) is 0. The average Bonchev–Trinajstić information content (AvgIpc) is 2.13. The first-order valence-corrected chi connectivity index (χ1v) is 4.96. The van der Waals surface area contributed by atoms with Crippen molar-refractivity contribution >= 4 is 5.82 Å². The summed E-state index contributed by atoms with van der Waals surface area (Å²) in [6.07, 6.45) is 1.63. The molecular formula is C11H18N2O2. The van der Waals surface area contributed by atoms with E-state index in [1.807, 2.05) is 20.8 Å². The van der Waals surface area contributed by atoms with Crippen molar-refractivity contribution in [1.29, 1.82) is 0 Å². The topological polar surface area (TPSA) is 57.4 Å². The smallest absolute Gasteiger partial charge is 0.166 e. The molecule has 0 saturated carbocycles. The Hall–Kier alpha value is -1.29. The molecule has 1 rings (SSSR count). The van der Waals surface area contributed by atoms with Crippen LogP contribution in [0.1, 0.15) is 20.8 Å². The molecule has 0 saturated heterocycles. The zero-order chi connectivity index (χ0) is 11.3. The molecule has 15 heavy (non-hydrogen) atoms. The maximum atomic E-state index is 5.61. The van der Waals surface area contributed by atoms with Crippen LogP contribution in [0.3, 0.4) is 0 Å². The van der Waals surface area contributed by atoms with Gasteiger partial charge < -0.3 is 15.2 Å². The minimum Gasteiger partial charge on any atom is -0.487 e. The molecule has 4 heteroatoms.